The van der Waals surface area contributed by atoms with Crippen molar-refractivity contribution in [1.82, 2.24) is 5.32 Å². The quantitative estimate of drug-likeness (QED) is 0.359. The van der Waals surface area contributed by atoms with Gasteiger partial charge >= 0.3 is 5.97 Å². The predicted molar refractivity (Wildman–Crippen MR) is 82.2 cm³/mol. The van der Waals surface area contributed by atoms with Gasteiger partial charge in [-0.05, 0) is 6.92 Å². The van der Waals surface area contributed by atoms with Gasteiger partial charge in [0.25, 0.3) is 11.6 Å². The van der Waals surface area contributed by atoms with Crippen LogP contribution in [0.5, 0.6) is 11.5 Å². The molecule has 9 nitrogen and oxygen atoms in total. The average molecular weight is 336 g/mol. The molecule has 2 rings (SSSR count). The first kappa shape index (κ1) is 17.3. The van der Waals surface area contributed by atoms with Gasteiger partial charge in [-0.15, -0.1) is 6.58 Å². The number of nitro benzene ring substituents is 1. The molecule has 0 saturated carbocycles. The van der Waals surface area contributed by atoms with Gasteiger partial charge in [-0.25, -0.2) is 4.79 Å². The van der Waals surface area contributed by atoms with Crippen LogP contribution < -0.4 is 14.8 Å². The number of hydrogen-bond acceptors (Lipinski definition) is 7. The summed E-state index contributed by atoms with van der Waals surface area (Å²) in [6.45, 7) is 5.55. The van der Waals surface area contributed by atoms with Crippen LogP contribution in [0.3, 0.4) is 0 Å². The summed E-state index contributed by atoms with van der Waals surface area (Å²) in [7, 11) is 0. The summed E-state index contributed by atoms with van der Waals surface area (Å²) in [5, 5.41) is 13.6. The summed E-state index contributed by atoms with van der Waals surface area (Å²) in [5.74, 6) is -1.15. The number of hydrogen-bond donors (Lipinski definition) is 1. The Bertz CT molecular complexity index is 687. The van der Waals surface area contributed by atoms with Crippen LogP contribution in [0.25, 0.3) is 0 Å². The molecule has 1 aliphatic heterocycles. The van der Waals surface area contributed by atoms with Crippen molar-refractivity contribution in [2.75, 3.05) is 19.8 Å². The van der Waals surface area contributed by atoms with E-state index in [9.17, 15) is 19.7 Å². The molecule has 1 heterocycles. The summed E-state index contributed by atoms with van der Waals surface area (Å²) >= 11 is 0. The number of rotatable bonds is 6. The molecule has 1 atom stereocenters. The second-order valence-corrected chi connectivity index (χ2v) is 4.85. The Balaban J connectivity index is 2.23. The van der Waals surface area contributed by atoms with Gasteiger partial charge in [-0.1, -0.05) is 6.08 Å². The molecule has 0 unspecified atom stereocenters. The van der Waals surface area contributed by atoms with E-state index in [1.165, 1.54) is 19.1 Å². The van der Waals surface area contributed by atoms with Crippen LogP contribution in [0, 0.1) is 10.1 Å². The highest BCUT2D eigenvalue weighted by Gasteiger charge is 2.29. The number of carbonyl (C=O) groups excluding carboxylic acids is 2. The van der Waals surface area contributed by atoms with Gasteiger partial charge < -0.3 is 19.5 Å². The second kappa shape index (κ2) is 7.44. The summed E-state index contributed by atoms with van der Waals surface area (Å²) in [5.41, 5.74) is -0.796. The Kier molecular flexibility index (Phi) is 5.35. The fraction of sp³-hybridized carbons (Fsp3) is 0.333. The average Bonchev–Trinajstić information content (AvgIpc) is 2.58. The highest BCUT2D eigenvalue weighted by atomic mass is 16.6. The summed E-state index contributed by atoms with van der Waals surface area (Å²) in [6.07, 6.45) is 0.350. The number of benzene rings is 1. The van der Waals surface area contributed by atoms with E-state index in [-0.39, 0.29) is 36.8 Å². The van der Waals surface area contributed by atoms with Gasteiger partial charge in [0.05, 0.1) is 11.0 Å². The van der Waals surface area contributed by atoms with E-state index in [4.69, 9.17) is 14.2 Å². The van der Waals surface area contributed by atoms with Gasteiger partial charge in [0.15, 0.2) is 17.6 Å². The fourth-order valence-electron chi connectivity index (χ4n) is 1.99. The van der Waals surface area contributed by atoms with E-state index in [2.05, 4.69) is 11.9 Å². The van der Waals surface area contributed by atoms with Gasteiger partial charge in [0, 0.05) is 12.6 Å². The lowest BCUT2D eigenvalue weighted by atomic mass is 10.1. The van der Waals surface area contributed by atoms with Crippen LogP contribution >= 0.6 is 0 Å². The summed E-state index contributed by atoms with van der Waals surface area (Å²) in [4.78, 5) is 34.4. The van der Waals surface area contributed by atoms with Crippen molar-refractivity contribution >= 4 is 17.6 Å². The minimum absolute atomic E-state index is 0.182. The number of carbonyl (C=O) groups is 2. The van der Waals surface area contributed by atoms with Crippen molar-refractivity contribution in [3.05, 3.63) is 40.5 Å². The molecule has 24 heavy (non-hydrogen) atoms. The lowest BCUT2D eigenvalue weighted by Gasteiger charge is -2.19. The third kappa shape index (κ3) is 3.80. The number of nitrogens with one attached hydrogen (secondary N) is 1. The van der Waals surface area contributed by atoms with E-state index >= 15 is 0 Å². The molecule has 0 radical (unpaired) electrons. The summed E-state index contributed by atoms with van der Waals surface area (Å²) < 4.78 is 15.6. The van der Waals surface area contributed by atoms with Gasteiger partial charge in [0.2, 0.25) is 0 Å². The fourth-order valence-corrected chi connectivity index (χ4v) is 1.99. The first-order valence-electron chi connectivity index (χ1n) is 7.11. The smallest absolute Gasteiger partial charge is 0.346 e. The van der Waals surface area contributed by atoms with Crippen molar-refractivity contribution in [1.29, 1.82) is 0 Å². The SMILES string of the molecule is C=CCNC(=O)[C@@H](C)OC(=O)c1cc2c(cc1[N+](=O)[O-])OCCO2. The molecule has 1 aliphatic rings. The van der Waals surface area contributed by atoms with Crippen molar-refractivity contribution in [3.8, 4) is 11.5 Å². The van der Waals surface area contributed by atoms with E-state index in [0.717, 1.165) is 6.07 Å². The second-order valence-electron chi connectivity index (χ2n) is 4.85. The molecule has 1 N–H and O–H groups in total. The molecule has 0 saturated heterocycles. The maximum absolute atomic E-state index is 12.2. The Hall–Kier alpha value is -3.10. The Morgan fingerprint density at radius 3 is 2.62 bits per heavy atom. The minimum atomic E-state index is -1.12. The van der Waals surface area contributed by atoms with E-state index in [1.807, 2.05) is 0 Å². The Labute approximate surface area is 137 Å². The predicted octanol–water partition coefficient (Wildman–Crippen LogP) is 1.21. The molecule has 0 aliphatic carbocycles. The lowest BCUT2D eigenvalue weighted by Crippen LogP contribution is -2.36. The molecule has 0 fully saturated rings. The van der Waals surface area contributed by atoms with Crippen LogP contribution in [0.2, 0.25) is 0 Å². The highest BCUT2D eigenvalue weighted by Crippen LogP contribution is 2.36. The van der Waals surface area contributed by atoms with Crippen molar-refractivity contribution in [2.24, 2.45) is 0 Å². The molecule has 128 valence electrons. The van der Waals surface area contributed by atoms with Gasteiger partial charge in [-0.2, -0.15) is 0 Å². The molecule has 0 aromatic heterocycles. The zero-order valence-electron chi connectivity index (χ0n) is 12.9. The van der Waals surface area contributed by atoms with Crippen LogP contribution in [0.15, 0.2) is 24.8 Å². The Morgan fingerprint density at radius 2 is 2.04 bits per heavy atom. The molecule has 9 heteroatoms. The van der Waals surface area contributed by atoms with Gasteiger partial charge in [0.1, 0.15) is 18.8 Å². The molecular weight excluding hydrogens is 320 g/mol. The minimum Gasteiger partial charge on any atom is -0.486 e. The molecule has 1 aromatic carbocycles. The number of ether oxygens (including phenoxy) is 3. The number of nitrogens with zero attached hydrogens (tertiary/aromatic N) is 1. The molecule has 1 amide bonds. The molecule has 0 spiro atoms. The summed E-state index contributed by atoms with van der Waals surface area (Å²) in [6, 6.07) is 2.29. The topological polar surface area (TPSA) is 117 Å². The van der Waals surface area contributed by atoms with Crippen LogP contribution in [0.1, 0.15) is 17.3 Å². The third-order valence-corrected chi connectivity index (χ3v) is 3.15. The lowest BCUT2D eigenvalue weighted by molar-refractivity contribution is -0.385. The van der Waals surface area contributed by atoms with Crippen molar-refractivity contribution in [2.45, 2.75) is 13.0 Å². The standard InChI is InChI=1S/C15H16N2O7/c1-3-4-16-14(18)9(2)24-15(19)10-7-12-13(23-6-5-22-12)8-11(10)17(20)21/h3,7-9H,1,4-6H2,2H3,(H,16,18)/t9-/m1/s1. The Morgan fingerprint density at radius 1 is 1.42 bits per heavy atom. The molecular formula is C15H16N2O7. The van der Waals surface area contributed by atoms with E-state index < -0.39 is 28.6 Å². The van der Waals surface area contributed by atoms with Crippen molar-refractivity contribution in [3.63, 3.8) is 0 Å². The number of fused-ring (bicyclic) bond motifs is 1. The molecule has 0 bridgehead atoms. The first-order valence-corrected chi connectivity index (χ1v) is 7.11. The van der Waals surface area contributed by atoms with E-state index in [1.54, 1.807) is 0 Å². The van der Waals surface area contributed by atoms with Crippen LogP contribution in [-0.2, 0) is 9.53 Å². The number of amides is 1. The van der Waals surface area contributed by atoms with Gasteiger partial charge in [-0.3, -0.25) is 14.9 Å². The first-order chi connectivity index (χ1) is 11.4. The van der Waals surface area contributed by atoms with Crippen LogP contribution in [-0.4, -0.2) is 42.7 Å². The zero-order chi connectivity index (χ0) is 17.7. The largest absolute Gasteiger partial charge is 0.486 e. The normalized spacial score (nSPS) is 13.5. The van der Waals surface area contributed by atoms with Crippen molar-refractivity contribution < 1.29 is 28.7 Å². The number of nitro groups is 1. The highest BCUT2D eigenvalue weighted by molar-refractivity contribution is 5.96. The number of esters is 1. The zero-order valence-corrected chi connectivity index (χ0v) is 12.9. The maximum atomic E-state index is 12.2. The van der Waals surface area contributed by atoms with Crippen LogP contribution in [0.4, 0.5) is 5.69 Å². The monoisotopic (exact) mass is 336 g/mol. The third-order valence-electron chi connectivity index (χ3n) is 3.15. The molecule has 1 aromatic rings. The maximum Gasteiger partial charge on any atom is 0.346 e. The van der Waals surface area contributed by atoms with E-state index in [0.29, 0.717) is 0 Å².